The van der Waals surface area contributed by atoms with Crippen LogP contribution >= 0.6 is 0 Å². The molecular weight excluding hydrogens is 269 g/mol. The van der Waals surface area contributed by atoms with Crippen LogP contribution < -0.4 is 10.1 Å². The minimum atomic E-state index is -0.338. The molecule has 0 amide bonds. The number of aromatic nitrogens is 2. The molecular formula is C16H20FN3O. The van der Waals surface area contributed by atoms with E-state index < -0.39 is 0 Å². The topological polar surface area (TPSA) is 47.0 Å². The van der Waals surface area contributed by atoms with Crippen LogP contribution in [0.3, 0.4) is 0 Å². The predicted octanol–water partition coefficient (Wildman–Crippen LogP) is 4.06. The zero-order valence-electron chi connectivity index (χ0n) is 13.0. The van der Waals surface area contributed by atoms with Gasteiger partial charge < -0.3 is 10.1 Å². The molecule has 4 nitrogen and oxygen atoms in total. The van der Waals surface area contributed by atoms with Gasteiger partial charge in [-0.1, -0.05) is 26.8 Å². The van der Waals surface area contributed by atoms with E-state index in [1.807, 2.05) is 27.7 Å². The molecule has 0 unspecified atom stereocenters. The largest absolute Gasteiger partial charge is 0.438 e. The molecule has 2 rings (SSSR count). The summed E-state index contributed by atoms with van der Waals surface area (Å²) in [5.74, 6) is 1.84. The molecule has 0 spiro atoms. The Morgan fingerprint density at radius 3 is 2.48 bits per heavy atom. The minimum absolute atomic E-state index is 0.206. The molecule has 1 aromatic carbocycles. The first kappa shape index (κ1) is 15.2. The Labute approximate surface area is 124 Å². The molecule has 0 aliphatic carbocycles. The lowest BCUT2D eigenvalue weighted by atomic mass is 9.96. The number of aryl methyl sites for hydroxylation is 1. The fraction of sp³-hybridized carbons (Fsp3) is 0.375. The van der Waals surface area contributed by atoms with Crippen LogP contribution in [-0.4, -0.2) is 17.0 Å². The van der Waals surface area contributed by atoms with Crippen LogP contribution in [0.5, 0.6) is 11.6 Å². The highest BCUT2D eigenvalue weighted by molar-refractivity contribution is 5.42. The Morgan fingerprint density at radius 2 is 1.86 bits per heavy atom. The van der Waals surface area contributed by atoms with Crippen LogP contribution in [0.2, 0.25) is 0 Å². The van der Waals surface area contributed by atoms with Gasteiger partial charge in [-0.2, -0.15) is 4.98 Å². The number of rotatable bonds is 3. The van der Waals surface area contributed by atoms with Gasteiger partial charge in [0.25, 0.3) is 0 Å². The van der Waals surface area contributed by atoms with Crippen LogP contribution in [0.4, 0.5) is 10.2 Å². The van der Waals surface area contributed by atoms with E-state index in [-0.39, 0.29) is 11.2 Å². The molecule has 0 atom stereocenters. The summed E-state index contributed by atoms with van der Waals surface area (Å²) < 4.78 is 19.1. The molecule has 0 bridgehead atoms. The third kappa shape index (κ3) is 3.68. The third-order valence-electron chi connectivity index (χ3n) is 2.99. The molecule has 1 N–H and O–H groups in total. The van der Waals surface area contributed by atoms with Crippen LogP contribution in [0.1, 0.15) is 32.2 Å². The molecule has 21 heavy (non-hydrogen) atoms. The number of benzene rings is 1. The van der Waals surface area contributed by atoms with Crippen molar-refractivity contribution in [3.63, 3.8) is 0 Å². The average molecular weight is 289 g/mol. The van der Waals surface area contributed by atoms with Gasteiger partial charge in [-0.3, -0.25) is 0 Å². The Hall–Kier alpha value is -2.17. The number of ether oxygens (including phenoxy) is 1. The summed E-state index contributed by atoms with van der Waals surface area (Å²) in [5, 5.41) is 2.99. The van der Waals surface area contributed by atoms with Crippen LogP contribution in [-0.2, 0) is 5.41 Å². The second-order valence-corrected chi connectivity index (χ2v) is 5.93. The zero-order chi connectivity index (χ0) is 15.6. The van der Waals surface area contributed by atoms with Crippen molar-refractivity contribution in [2.45, 2.75) is 33.1 Å². The second kappa shape index (κ2) is 5.68. The molecule has 0 aliphatic heterocycles. The van der Waals surface area contributed by atoms with E-state index in [9.17, 15) is 4.39 Å². The summed E-state index contributed by atoms with van der Waals surface area (Å²) in [6.07, 6.45) is 0. The fourth-order valence-electron chi connectivity index (χ4n) is 1.74. The van der Waals surface area contributed by atoms with Gasteiger partial charge in [0.2, 0.25) is 5.88 Å². The van der Waals surface area contributed by atoms with E-state index in [4.69, 9.17) is 4.74 Å². The first-order valence-corrected chi connectivity index (χ1v) is 6.81. The van der Waals surface area contributed by atoms with Crippen molar-refractivity contribution in [3.8, 4) is 11.6 Å². The van der Waals surface area contributed by atoms with E-state index >= 15 is 0 Å². The molecule has 2 aromatic rings. The summed E-state index contributed by atoms with van der Waals surface area (Å²) in [5.41, 5.74) is 0.639. The third-order valence-corrected chi connectivity index (χ3v) is 2.99. The monoisotopic (exact) mass is 289 g/mol. The van der Waals surface area contributed by atoms with Crippen molar-refractivity contribution >= 4 is 5.82 Å². The number of halogens is 1. The number of nitrogens with zero attached hydrogens (tertiary/aromatic N) is 2. The van der Waals surface area contributed by atoms with Gasteiger partial charge >= 0.3 is 0 Å². The molecule has 1 aromatic heterocycles. The second-order valence-electron chi connectivity index (χ2n) is 5.93. The van der Waals surface area contributed by atoms with Crippen molar-refractivity contribution in [3.05, 3.63) is 41.5 Å². The summed E-state index contributed by atoms with van der Waals surface area (Å²) in [6.45, 7) is 7.94. The van der Waals surface area contributed by atoms with Crippen LogP contribution in [0, 0.1) is 12.7 Å². The molecule has 0 saturated carbocycles. The first-order chi connectivity index (χ1) is 9.79. The van der Waals surface area contributed by atoms with Crippen molar-refractivity contribution < 1.29 is 9.13 Å². The zero-order valence-corrected chi connectivity index (χ0v) is 13.0. The quantitative estimate of drug-likeness (QED) is 0.925. The fourth-order valence-corrected chi connectivity index (χ4v) is 1.74. The van der Waals surface area contributed by atoms with Crippen LogP contribution in [0.25, 0.3) is 0 Å². The standard InChI is InChI=1S/C16H20FN3O/c1-10-6-7-11(17)8-12(10)21-14-9-13(18-5)19-15(20-14)16(2,3)4/h6-9H,1-5H3,(H,18,19,20). The SMILES string of the molecule is CNc1cc(Oc2cc(F)ccc2C)nc(C(C)(C)C)n1. The van der Waals surface area contributed by atoms with E-state index in [0.717, 1.165) is 5.56 Å². The maximum atomic E-state index is 13.3. The molecule has 112 valence electrons. The van der Waals surface area contributed by atoms with E-state index in [2.05, 4.69) is 15.3 Å². The molecule has 1 heterocycles. The lowest BCUT2D eigenvalue weighted by Crippen LogP contribution is -2.17. The summed E-state index contributed by atoms with van der Waals surface area (Å²) >= 11 is 0. The van der Waals surface area contributed by atoms with Crippen LogP contribution in [0.15, 0.2) is 24.3 Å². The lowest BCUT2D eigenvalue weighted by Gasteiger charge is -2.18. The van der Waals surface area contributed by atoms with E-state index in [1.54, 1.807) is 19.2 Å². The van der Waals surface area contributed by atoms with Gasteiger partial charge in [-0.05, 0) is 18.6 Å². The summed E-state index contributed by atoms with van der Waals surface area (Å²) in [6, 6.07) is 6.13. The molecule has 0 saturated heterocycles. The van der Waals surface area contributed by atoms with Gasteiger partial charge in [0, 0.05) is 24.6 Å². The smallest absolute Gasteiger partial charge is 0.224 e. The molecule has 0 radical (unpaired) electrons. The van der Waals surface area contributed by atoms with Crippen molar-refractivity contribution in [2.24, 2.45) is 0 Å². The van der Waals surface area contributed by atoms with Gasteiger partial charge in [0.1, 0.15) is 23.2 Å². The maximum Gasteiger partial charge on any atom is 0.224 e. The van der Waals surface area contributed by atoms with E-state index in [0.29, 0.717) is 23.3 Å². The first-order valence-electron chi connectivity index (χ1n) is 6.81. The van der Waals surface area contributed by atoms with Crippen molar-refractivity contribution in [1.82, 2.24) is 9.97 Å². The lowest BCUT2D eigenvalue weighted by molar-refractivity contribution is 0.440. The summed E-state index contributed by atoms with van der Waals surface area (Å²) in [4.78, 5) is 8.85. The molecule has 0 aliphatic rings. The highest BCUT2D eigenvalue weighted by atomic mass is 19.1. The predicted molar refractivity (Wildman–Crippen MR) is 81.5 cm³/mol. The van der Waals surface area contributed by atoms with Crippen molar-refractivity contribution in [2.75, 3.05) is 12.4 Å². The van der Waals surface area contributed by atoms with Gasteiger partial charge in [0.05, 0.1) is 0 Å². The number of nitrogens with one attached hydrogen (secondary N) is 1. The highest BCUT2D eigenvalue weighted by Gasteiger charge is 2.19. The Kier molecular flexibility index (Phi) is 4.11. The number of anilines is 1. The normalized spacial score (nSPS) is 11.3. The number of hydrogen-bond acceptors (Lipinski definition) is 4. The maximum absolute atomic E-state index is 13.3. The average Bonchev–Trinajstić information content (AvgIpc) is 2.41. The van der Waals surface area contributed by atoms with Crippen molar-refractivity contribution in [1.29, 1.82) is 0 Å². The minimum Gasteiger partial charge on any atom is -0.438 e. The molecule has 0 fully saturated rings. The Balaban J connectivity index is 2.42. The Morgan fingerprint density at radius 1 is 1.14 bits per heavy atom. The van der Waals surface area contributed by atoms with Gasteiger partial charge in [-0.15, -0.1) is 0 Å². The number of hydrogen-bond donors (Lipinski definition) is 1. The summed E-state index contributed by atoms with van der Waals surface area (Å²) in [7, 11) is 1.78. The molecule has 5 heteroatoms. The van der Waals surface area contributed by atoms with Gasteiger partial charge in [0.15, 0.2) is 0 Å². The van der Waals surface area contributed by atoms with Gasteiger partial charge in [-0.25, -0.2) is 9.37 Å². The Bertz CT molecular complexity index is 650. The van der Waals surface area contributed by atoms with E-state index in [1.165, 1.54) is 12.1 Å². The highest BCUT2D eigenvalue weighted by Crippen LogP contribution is 2.28.